The molecule has 0 aliphatic heterocycles. The van der Waals surface area contributed by atoms with Gasteiger partial charge in [0, 0.05) is 0 Å². The highest BCUT2D eigenvalue weighted by atomic mass is 14.3. The molecule has 1 aliphatic carbocycles. The monoisotopic (exact) mass is 154 g/mol. The summed E-state index contributed by atoms with van der Waals surface area (Å²) in [5.74, 6) is 3.86. The lowest BCUT2D eigenvalue weighted by molar-refractivity contribution is 0.158. The Kier molecular flexibility index (Phi) is 2.98. The van der Waals surface area contributed by atoms with Gasteiger partial charge >= 0.3 is 0 Å². The molecule has 0 nitrogen and oxygen atoms in total. The van der Waals surface area contributed by atoms with Gasteiger partial charge in [-0.15, -0.1) is 0 Å². The minimum Gasteiger partial charge on any atom is -0.0625 e. The Hall–Kier alpha value is 0. The SMILES string of the molecule is CC(C)[C@H]1CC[C@@H](C)C[C@H]1C. The van der Waals surface area contributed by atoms with Crippen molar-refractivity contribution in [3.63, 3.8) is 0 Å². The van der Waals surface area contributed by atoms with Crippen LogP contribution in [0.2, 0.25) is 0 Å². The fourth-order valence-corrected chi connectivity index (χ4v) is 2.68. The largest absolute Gasteiger partial charge is 0.0625 e. The fraction of sp³-hybridized carbons (Fsp3) is 1.00. The zero-order valence-electron chi connectivity index (χ0n) is 8.43. The Bertz CT molecular complexity index is 115. The average Bonchev–Trinajstić information content (AvgIpc) is 1.85. The van der Waals surface area contributed by atoms with Crippen molar-refractivity contribution in [1.82, 2.24) is 0 Å². The standard InChI is InChI=1S/C11H22/c1-8(2)11-6-5-9(3)7-10(11)4/h8-11H,5-7H2,1-4H3/t9-,10-,11-/m1/s1. The van der Waals surface area contributed by atoms with E-state index in [1.54, 1.807) is 0 Å². The topological polar surface area (TPSA) is 0 Å². The quantitative estimate of drug-likeness (QED) is 0.540. The maximum absolute atomic E-state index is 2.43. The van der Waals surface area contributed by atoms with Crippen LogP contribution in [0.1, 0.15) is 47.0 Å². The third kappa shape index (κ3) is 2.21. The molecule has 0 heteroatoms. The third-order valence-electron chi connectivity index (χ3n) is 3.35. The van der Waals surface area contributed by atoms with Crippen molar-refractivity contribution in [3.8, 4) is 0 Å². The lowest BCUT2D eigenvalue weighted by atomic mass is 9.71. The van der Waals surface area contributed by atoms with E-state index in [0.717, 1.165) is 23.7 Å². The first-order valence-electron chi connectivity index (χ1n) is 5.11. The van der Waals surface area contributed by atoms with Crippen molar-refractivity contribution in [2.75, 3.05) is 0 Å². The van der Waals surface area contributed by atoms with Gasteiger partial charge in [0.1, 0.15) is 0 Å². The van der Waals surface area contributed by atoms with Gasteiger partial charge in [0.05, 0.1) is 0 Å². The van der Waals surface area contributed by atoms with Crippen molar-refractivity contribution in [1.29, 1.82) is 0 Å². The molecule has 1 saturated carbocycles. The van der Waals surface area contributed by atoms with Crippen LogP contribution in [0.25, 0.3) is 0 Å². The molecule has 0 N–H and O–H groups in total. The van der Waals surface area contributed by atoms with E-state index >= 15 is 0 Å². The summed E-state index contributed by atoms with van der Waals surface area (Å²) in [4.78, 5) is 0. The van der Waals surface area contributed by atoms with Gasteiger partial charge in [-0.05, 0) is 36.5 Å². The van der Waals surface area contributed by atoms with E-state index in [4.69, 9.17) is 0 Å². The molecule has 0 amide bonds. The van der Waals surface area contributed by atoms with Crippen LogP contribution in [0, 0.1) is 23.7 Å². The molecule has 3 atom stereocenters. The smallest absolute Gasteiger partial charge is 0.0365 e. The number of hydrogen-bond acceptors (Lipinski definition) is 0. The molecule has 0 aromatic rings. The van der Waals surface area contributed by atoms with Crippen LogP contribution in [0.3, 0.4) is 0 Å². The van der Waals surface area contributed by atoms with Crippen molar-refractivity contribution in [2.24, 2.45) is 23.7 Å². The summed E-state index contributed by atoms with van der Waals surface area (Å²) in [6.45, 7) is 9.57. The van der Waals surface area contributed by atoms with Crippen molar-refractivity contribution in [2.45, 2.75) is 47.0 Å². The van der Waals surface area contributed by atoms with Gasteiger partial charge in [0.25, 0.3) is 0 Å². The van der Waals surface area contributed by atoms with Crippen LogP contribution in [-0.4, -0.2) is 0 Å². The molecular formula is C11H22. The Morgan fingerprint density at radius 2 is 1.73 bits per heavy atom. The molecule has 0 aromatic carbocycles. The molecule has 11 heavy (non-hydrogen) atoms. The lowest BCUT2D eigenvalue weighted by Crippen LogP contribution is -2.25. The number of rotatable bonds is 1. The molecule has 0 bridgehead atoms. The highest BCUT2D eigenvalue weighted by Gasteiger charge is 2.26. The van der Waals surface area contributed by atoms with Crippen molar-refractivity contribution < 1.29 is 0 Å². The van der Waals surface area contributed by atoms with Gasteiger partial charge in [0.2, 0.25) is 0 Å². The number of hydrogen-bond donors (Lipinski definition) is 0. The van der Waals surface area contributed by atoms with Gasteiger partial charge in [-0.3, -0.25) is 0 Å². The maximum Gasteiger partial charge on any atom is -0.0365 e. The minimum atomic E-state index is 0.900. The first kappa shape index (κ1) is 9.09. The zero-order chi connectivity index (χ0) is 8.43. The fourth-order valence-electron chi connectivity index (χ4n) is 2.68. The normalized spacial score (nSPS) is 39.5. The van der Waals surface area contributed by atoms with Crippen LogP contribution < -0.4 is 0 Å². The second-order valence-electron chi connectivity index (χ2n) is 4.80. The van der Waals surface area contributed by atoms with Gasteiger partial charge in [0.15, 0.2) is 0 Å². The maximum atomic E-state index is 2.43. The first-order chi connectivity index (χ1) is 5.11. The van der Waals surface area contributed by atoms with Crippen LogP contribution in [-0.2, 0) is 0 Å². The van der Waals surface area contributed by atoms with E-state index in [1.807, 2.05) is 0 Å². The molecular weight excluding hydrogens is 132 g/mol. The molecule has 0 aromatic heterocycles. The summed E-state index contributed by atoms with van der Waals surface area (Å²) in [5, 5.41) is 0. The van der Waals surface area contributed by atoms with Crippen LogP contribution in [0.15, 0.2) is 0 Å². The van der Waals surface area contributed by atoms with Crippen LogP contribution >= 0.6 is 0 Å². The predicted molar refractivity (Wildman–Crippen MR) is 50.5 cm³/mol. The zero-order valence-corrected chi connectivity index (χ0v) is 8.43. The van der Waals surface area contributed by atoms with Crippen LogP contribution in [0.4, 0.5) is 0 Å². The molecule has 1 aliphatic rings. The summed E-state index contributed by atoms with van der Waals surface area (Å²) in [7, 11) is 0. The minimum absolute atomic E-state index is 0.900. The Morgan fingerprint density at radius 1 is 1.09 bits per heavy atom. The highest BCUT2D eigenvalue weighted by Crippen LogP contribution is 2.37. The summed E-state index contributed by atoms with van der Waals surface area (Å²) in [5.41, 5.74) is 0. The van der Waals surface area contributed by atoms with E-state index in [0.29, 0.717) is 0 Å². The van der Waals surface area contributed by atoms with Gasteiger partial charge < -0.3 is 0 Å². The average molecular weight is 154 g/mol. The second-order valence-corrected chi connectivity index (χ2v) is 4.80. The molecule has 0 unspecified atom stereocenters. The summed E-state index contributed by atoms with van der Waals surface area (Å²) >= 11 is 0. The predicted octanol–water partition coefficient (Wildman–Crippen LogP) is 3.71. The van der Waals surface area contributed by atoms with E-state index < -0.39 is 0 Å². The first-order valence-corrected chi connectivity index (χ1v) is 5.11. The Balaban J connectivity index is 2.44. The van der Waals surface area contributed by atoms with E-state index in [2.05, 4.69) is 27.7 Å². The molecule has 0 heterocycles. The van der Waals surface area contributed by atoms with E-state index in [9.17, 15) is 0 Å². The molecule has 0 saturated heterocycles. The highest BCUT2D eigenvalue weighted by molar-refractivity contribution is 4.77. The van der Waals surface area contributed by atoms with E-state index in [-0.39, 0.29) is 0 Å². The van der Waals surface area contributed by atoms with Crippen molar-refractivity contribution >= 4 is 0 Å². The Labute approximate surface area is 71.4 Å². The van der Waals surface area contributed by atoms with Crippen molar-refractivity contribution in [3.05, 3.63) is 0 Å². The molecule has 1 rings (SSSR count). The van der Waals surface area contributed by atoms with Gasteiger partial charge in [-0.2, -0.15) is 0 Å². The molecule has 1 fully saturated rings. The molecule has 0 radical (unpaired) electrons. The summed E-state index contributed by atoms with van der Waals surface area (Å²) in [6.07, 6.45) is 4.40. The molecule has 0 spiro atoms. The van der Waals surface area contributed by atoms with E-state index in [1.165, 1.54) is 19.3 Å². The molecule has 66 valence electrons. The Morgan fingerprint density at radius 3 is 2.18 bits per heavy atom. The third-order valence-corrected chi connectivity index (χ3v) is 3.35. The second kappa shape index (κ2) is 3.60. The summed E-state index contributed by atoms with van der Waals surface area (Å²) in [6, 6.07) is 0. The van der Waals surface area contributed by atoms with Gasteiger partial charge in [-0.25, -0.2) is 0 Å². The van der Waals surface area contributed by atoms with Gasteiger partial charge in [-0.1, -0.05) is 34.1 Å². The van der Waals surface area contributed by atoms with Crippen LogP contribution in [0.5, 0.6) is 0 Å². The summed E-state index contributed by atoms with van der Waals surface area (Å²) < 4.78 is 0. The lowest BCUT2D eigenvalue weighted by Gasteiger charge is -2.35.